The summed E-state index contributed by atoms with van der Waals surface area (Å²) in [5.74, 6) is 0.774. The summed E-state index contributed by atoms with van der Waals surface area (Å²) in [5, 5.41) is 3.19. The van der Waals surface area contributed by atoms with E-state index >= 15 is 0 Å². The molecule has 13 heavy (non-hydrogen) atoms. The number of anilines is 1. The fraction of sp³-hybridized carbons (Fsp3) is 0.375. The van der Waals surface area contributed by atoms with Crippen LogP contribution in [-0.4, -0.2) is 23.5 Å². The third kappa shape index (κ3) is 3.40. The Morgan fingerprint density at radius 2 is 2.46 bits per heavy atom. The van der Waals surface area contributed by atoms with Crippen molar-refractivity contribution in [2.45, 2.75) is 0 Å². The minimum absolute atomic E-state index is 0.262. The van der Waals surface area contributed by atoms with Crippen molar-refractivity contribution in [2.75, 3.05) is 23.9 Å². The van der Waals surface area contributed by atoms with E-state index in [9.17, 15) is 4.39 Å². The minimum Gasteiger partial charge on any atom is -0.367 e. The number of aromatic nitrogens is 1. The van der Waals surface area contributed by atoms with E-state index in [1.165, 1.54) is 12.3 Å². The normalized spacial score (nSPS) is 10.1. The van der Waals surface area contributed by atoms with Gasteiger partial charge in [-0.15, -0.1) is 0 Å². The van der Waals surface area contributed by atoms with Gasteiger partial charge in [-0.05, 0) is 12.3 Å². The molecule has 1 heterocycles. The molecule has 0 aliphatic carbocycles. The fourth-order valence-corrected chi connectivity index (χ4v) is 1.27. The highest BCUT2D eigenvalue weighted by molar-refractivity contribution is 7.98. The second kappa shape index (κ2) is 5.29. The number of hydrogen-bond acceptors (Lipinski definition) is 3. The van der Waals surface area contributed by atoms with E-state index in [4.69, 9.17) is 11.6 Å². The molecule has 0 unspecified atom stereocenters. The maximum Gasteiger partial charge on any atom is 0.166 e. The van der Waals surface area contributed by atoms with Gasteiger partial charge in [-0.3, -0.25) is 0 Å². The minimum atomic E-state index is -0.409. The van der Waals surface area contributed by atoms with Crippen LogP contribution in [0.25, 0.3) is 0 Å². The van der Waals surface area contributed by atoms with Crippen LogP contribution in [0.4, 0.5) is 10.2 Å². The summed E-state index contributed by atoms with van der Waals surface area (Å²) < 4.78 is 13.1. The topological polar surface area (TPSA) is 24.9 Å². The molecule has 1 rings (SSSR count). The zero-order chi connectivity index (χ0) is 9.68. The van der Waals surface area contributed by atoms with Gasteiger partial charge in [0.1, 0.15) is 0 Å². The van der Waals surface area contributed by atoms with Crippen LogP contribution >= 0.6 is 23.4 Å². The third-order valence-electron chi connectivity index (χ3n) is 1.41. The first kappa shape index (κ1) is 10.6. The molecule has 0 aliphatic rings. The Morgan fingerprint density at radius 3 is 3.08 bits per heavy atom. The quantitative estimate of drug-likeness (QED) is 0.790. The Bertz CT molecular complexity index is 283. The van der Waals surface area contributed by atoms with E-state index in [1.54, 1.807) is 11.8 Å². The lowest BCUT2D eigenvalue weighted by atomic mass is 10.4. The van der Waals surface area contributed by atoms with Crippen LogP contribution in [0.1, 0.15) is 0 Å². The summed E-state index contributed by atoms with van der Waals surface area (Å²) in [7, 11) is 0. The number of nitrogens with zero attached hydrogens (tertiary/aromatic N) is 1. The molecular weight excluding hydrogens is 211 g/mol. The van der Waals surface area contributed by atoms with Crippen molar-refractivity contribution in [3.8, 4) is 0 Å². The fourth-order valence-electron chi connectivity index (χ4n) is 0.816. The van der Waals surface area contributed by atoms with E-state index in [2.05, 4.69) is 10.3 Å². The molecule has 1 aromatic heterocycles. The van der Waals surface area contributed by atoms with Crippen LogP contribution in [0, 0.1) is 5.82 Å². The second-order valence-electron chi connectivity index (χ2n) is 2.40. The van der Waals surface area contributed by atoms with Gasteiger partial charge in [-0.2, -0.15) is 11.8 Å². The lowest BCUT2D eigenvalue weighted by molar-refractivity contribution is 0.625. The van der Waals surface area contributed by atoms with Gasteiger partial charge in [-0.25, -0.2) is 9.37 Å². The molecule has 2 nitrogen and oxygen atoms in total. The first-order valence-corrected chi connectivity index (χ1v) is 5.55. The van der Waals surface area contributed by atoms with Crippen LogP contribution in [0.3, 0.4) is 0 Å². The number of nitrogens with one attached hydrogen (secondary N) is 1. The average molecular weight is 221 g/mol. The SMILES string of the molecule is CSCCNc1ncc(Cl)cc1F. The molecule has 0 atom stereocenters. The molecular formula is C8H10ClFN2S. The zero-order valence-electron chi connectivity index (χ0n) is 7.18. The summed E-state index contributed by atoms with van der Waals surface area (Å²) in [5.41, 5.74) is 0. The Balaban J connectivity index is 2.56. The lowest BCUT2D eigenvalue weighted by Crippen LogP contribution is -2.06. The summed E-state index contributed by atoms with van der Waals surface area (Å²) >= 11 is 7.23. The van der Waals surface area contributed by atoms with E-state index in [0.29, 0.717) is 11.6 Å². The summed E-state index contributed by atoms with van der Waals surface area (Å²) in [6, 6.07) is 1.25. The van der Waals surface area contributed by atoms with E-state index in [1.807, 2.05) is 6.26 Å². The van der Waals surface area contributed by atoms with Crippen molar-refractivity contribution in [1.29, 1.82) is 0 Å². The molecule has 5 heteroatoms. The van der Waals surface area contributed by atoms with Gasteiger partial charge in [0.05, 0.1) is 5.02 Å². The lowest BCUT2D eigenvalue weighted by Gasteiger charge is -2.04. The molecule has 0 spiro atoms. The molecule has 0 bridgehead atoms. The van der Waals surface area contributed by atoms with E-state index in [0.717, 1.165) is 5.75 Å². The first-order chi connectivity index (χ1) is 6.24. The van der Waals surface area contributed by atoms with Crippen molar-refractivity contribution < 1.29 is 4.39 Å². The summed E-state index contributed by atoms with van der Waals surface area (Å²) in [6.07, 6.45) is 3.42. The molecule has 0 saturated carbocycles. The van der Waals surface area contributed by atoms with E-state index < -0.39 is 5.82 Å². The second-order valence-corrected chi connectivity index (χ2v) is 3.83. The standard InChI is InChI=1S/C8H10ClFN2S/c1-13-3-2-11-8-7(10)4-6(9)5-12-8/h4-5H,2-3H2,1H3,(H,11,12). The number of thioether (sulfide) groups is 1. The van der Waals surface area contributed by atoms with Crippen molar-refractivity contribution in [2.24, 2.45) is 0 Å². The molecule has 0 aromatic carbocycles. The Morgan fingerprint density at radius 1 is 1.69 bits per heavy atom. The predicted molar refractivity (Wildman–Crippen MR) is 56.1 cm³/mol. The molecule has 1 aromatic rings. The van der Waals surface area contributed by atoms with Crippen LogP contribution in [0.15, 0.2) is 12.3 Å². The molecule has 0 saturated heterocycles. The van der Waals surface area contributed by atoms with Crippen LogP contribution in [-0.2, 0) is 0 Å². The van der Waals surface area contributed by atoms with E-state index in [-0.39, 0.29) is 5.82 Å². The van der Waals surface area contributed by atoms with Gasteiger partial charge in [0.15, 0.2) is 11.6 Å². The van der Waals surface area contributed by atoms with Gasteiger partial charge < -0.3 is 5.32 Å². The van der Waals surface area contributed by atoms with Gasteiger partial charge in [-0.1, -0.05) is 11.6 Å². The molecule has 0 amide bonds. The third-order valence-corrected chi connectivity index (χ3v) is 2.23. The Hall–Kier alpha value is -0.480. The van der Waals surface area contributed by atoms with Crippen molar-refractivity contribution in [3.63, 3.8) is 0 Å². The monoisotopic (exact) mass is 220 g/mol. The van der Waals surface area contributed by atoms with Gasteiger partial charge in [0.2, 0.25) is 0 Å². The van der Waals surface area contributed by atoms with Gasteiger partial charge >= 0.3 is 0 Å². The molecule has 1 N–H and O–H groups in total. The Kier molecular flexibility index (Phi) is 4.32. The Labute approximate surface area is 85.9 Å². The number of halogens is 2. The van der Waals surface area contributed by atoms with Crippen LogP contribution < -0.4 is 5.32 Å². The maximum atomic E-state index is 13.1. The largest absolute Gasteiger partial charge is 0.367 e. The molecule has 0 radical (unpaired) electrons. The zero-order valence-corrected chi connectivity index (χ0v) is 8.75. The smallest absolute Gasteiger partial charge is 0.166 e. The highest BCUT2D eigenvalue weighted by Crippen LogP contribution is 2.15. The van der Waals surface area contributed by atoms with Crippen molar-refractivity contribution >= 4 is 29.2 Å². The summed E-state index contributed by atoms with van der Waals surface area (Å²) in [4.78, 5) is 3.82. The first-order valence-electron chi connectivity index (χ1n) is 3.78. The number of rotatable bonds is 4. The summed E-state index contributed by atoms with van der Waals surface area (Å²) in [6.45, 7) is 0.701. The highest BCUT2D eigenvalue weighted by atomic mass is 35.5. The van der Waals surface area contributed by atoms with Crippen molar-refractivity contribution in [3.05, 3.63) is 23.1 Å². The molecule has 0 aliphatic heterocycles. The van der Waals surface area contributed by atoms with Gasteiger partial charge in [0, 0.05) is 18.5 Å². The van der Waals surface area contributed by atoms with Crippen LogP contribution in [0.2, 0.25) is 5.02 Å². The highest BCUT2D eigenvalue weighted by Gasteiger charge is 2.02. The van der Waals surface area contributed by atoms with Crippen LogP contribution in [0.5, 0.6) is 0 Å². The van der Waals surface area contributed by atoms with Gasteiger partial charge in [0.25, 0.3) is 0 Å². The predicted octanol–water partition coefficient (Wildman–Crippen LogP) is 2.65. The maximum absolute atomic E-state index is 13.1. The molecule has 72 valence electrons. The van der Waals surface area contributed by atoms with Crippen molar-refractivity contribution in [1.82, 2.24) is 4.98 Å². The number of hydrogen-bond donors (Lipinski definition) is 1. The number of pyridine rings is 1. The average Bonchev–Trinajstić information content (AvgIpc) is 2.09. The molecule has 0 fully saturated rings.